The number of aromatic nitrogens is 2. The molecule has 4 N–H and O–H groups in total. The smallest absolute Gasteiger partial charge is 0.204 e. The van der Waals surface area contributed by atoms with Crippen LogP contribution in [0, 0.1) is 5.82 Å². The number of anilines is 2. The van der Waals surface area contributed by atoms with Crippen LogP contribution in [0.15, 0.2) is 36.7 Å². The van der Waals surface area contributed by atoms with Crippen molar-refractivity contribution in [3.8, 4) is 0 Å². The van der Waals surface area contributed by atoms with E-state index in [-0.39, 0.29) is 12.2 Å². The van der Waals surface area contributed by atoms with Crippen molar-refractivity contribution < 1.29 is 9.18 Å². The lowest BCUT2D eigenvalue weighted by molar-refractivity contribution is -0.106. The largest absolute Gasteiger partial charge is 0.372 e. The average molecular weight is 326 g/mol. The van der Waals surface area contributed by atoms with E-state index in [1.165, 1.54) is 42.7 Å². The number of nitrogens with two attached hydrogens (primary N) is 1. The fourth-order valence-electron chi connectivity index (χ4n) is 3.05. The molecular formula is C18H19FN4O. The SMILES string of the molecule is Fc1cnc2[nH]cc(Nc3ccc4c(c3)CCCC4)c2c1.NC=O. The number of rotatable bonds is 2. The molecule has 2 heterocycles. The van der Waals surface area contributed by atoms with Crippen molar-refractivity contribution in [2.75, 3.05) is 5.32 Å². The van der Waals surface area contributed by atoms with Crippen molar-refractivity contribution in [3.05, 3.63) is 53.6 Å². The highest BCUT2D eigenvalue weighted by molar-refractivity contribution is 5.91. The van der Waals surface area contributed by atoms with Gasteiger partial charge < -0.3 is 16.0 Å². The molecule has 0 bridgehead atoms. The van der Waals surface area contributed by atoms with Gasteiger partial charge >= 0.3 is 0 Å². The summed E-state index contributed by atoms with van der Waals surface area (Å²) in [6.07, 6.45) is 8.18. The summed E-state index contributed by atoms with van der Waals surface area (Å²) in [7, 11) is 0. The highest BCUT2D eigenvalue weighted by Crippen LogP contribution is 2.29. The number of carbonyl (C=O) groups excluding carboxylic acids is 1. The minimum Gasteiger partial charge on any atom is -0.372 e. The van der Waals surface area contributed by atoms with Crippen molar-refractivity contribution >= 4 is 28.8 Å². The van der Waals surface area contributed by atoms with Gasteiger partial charge in [0.2, 0.25) is 6.41 Å². The minimum absolute atomic E-state index is 0.250. The Morgan fingerprint density at radius 1 is 1.21 bits per heavy atom. The van der Waals surface area contributed by atoms with Crippen LogP contribution >= 0.6 is 0 Å². The van der Waals surface area contributed by atoms with Crippen molar-refractivity contribution in [3.63, 3.8) is 0 Å². The predicted molar refractivity (Wildman–Crippen MR) is 92.7 cm³/mol. The Labute approximate surface area is 139 Å². The first-order valence-electron chi connectivity index (χ1n) is 7.88. The molecule has 1 aliphatic rings. The number of hydrogen-bond acceptors (Lipinski definition) is 3. The first kappa shape index (κ1) is 16.0. The van der Waals surface area contributed by atoms with Gasteiger partial charge in [-0.05, 0) is 55.0 Å². The fraction of sp³-hybridized carbons (Fsp3) is 0.222. The van der Waals surface area contributed by atoms with Gasteiger partial charge in [0.1, 0.15) is 11.5 Å². The monoisotopic (exact) mass is 326 g/mol. The van der Waals surface area contributed by atoms with Crippen LogP contribution in [0.5, 0.6) is 0 Å². The molecule has 0 atom stereocenters. The van der Waals surface area contributed by atoms with Crippen molar-refractivity contribution in [1.29, 1.82) is 0 Å². The lowest BCUT2D eigenvalue weighted by Crippen LogP contribution is -2.03. The number of benzene rings is 1. The van der Waals surface area contributed by atoms with E-state index in [2.05, 4.69) is 39.2 Å². The maximum absolute atomic E-state index is 13.4. The normalized spacial score (nSPS) is 12.9. The number of H-pyrrole nitrogens is 1. The van der Waals surface area contributed by atoms with E-state index < -0.39 is 0 Å². The molecule has 0 unspecified atom stereocenters. The van der Waals surface area contributed by atoms with Crippen molar-refractivity contribution in [2.24, 2.45) is 5.73 Å². The third-order valence-electron chi connectivity index (χ3n) is 4.13. The van der Waals surface area contributed by atoms with Gasteiger partial charge in [-0.25, -0.2) is 9.37 Å². The Kier molecular flexibility index (Phi) is 4.74. The molecule has 0 fully saturated rings. The molecule has 0 spiro atoms. The summed E-state index contributed by atoms with van der Waals surface area (Å²) in [4.78, 5) is 15.7. The number of aromatic amines is 1. The van der Waals surface area contributed by atoms with Gasteiger partial charge in [0.05, 0.1) is 11.9 Å². The highest BCUT2D eigenvalue weighted by atomic mass is 19.1. The number of nitrogens with zero attached hydrogens (tertiary/aromatic N) is 1. The highest BCUT2D eigenvalue weighted by Gasteiger charge is 2.11. The molecule has 124 valence electrons. The number of nitrogens with one attached hydrogen (secondary N) is 2. The van der Waals surface area contributed by atoms with Gasteiger partial charge in [0.15, 0.2) is 0 Å². The predicted octanol–water partition coefficient (Wildman–Crippen LogP) is 3.43. The zero-order valence-electron chi connectivity index (χ0n) is 13.2. The van der Waals surface area contributed by atoms with Gasteiger partial charge in [-0.1, -0.05) is 6.07 Å². The van der Waals surface area contributed by atoms with Crippen LogP contribution in [0.2, 0.25) is 0 Å². The molecule has 0 saturated carbocycles. The van der Waals surface area contributed by atoms with Gasteiger partial charge in [-0.2, -0.15) is 0 Å². The van der Waals surface area contributed by atoms with E-state index in [0.29, 0.717) is 5.65 Å². The molecular weight excluding hydrogens is 307 g/mol. The molecule has 3 aromatic rings. The third kappa shape index (κ3) is 3.37. The van der Waals surface area contributed by atoms with Crippen molar-refractivity contribution in [2.45, 2.75) is 25.7 Å². The number of amides is 1. The first-order valence-corrected chi connectivity index (χ1v) is 7.88. The molecule has 4 rings (SSSR count). The van der Waals surface area contributed by atoms with Crippen LogP contribution in [0.3, 0.4) is 0 Å². The van der Waals surface area contributed by atoms with E-state index in [0.717, 1.165) is 23.2 Å². The second-order valence-electron chi connectivity index (χ2n) is 5.70. The quantitative estimate of drug-likeness (QED) is 0.631. The van der Waals surface area contributed by atoms with E-state index in [1.54, 1.807) is 0 Å². The summed E-state index contributed by atoms with van der Waals surface area (Å²) >= 11 is 0. The number of carbonyl (C=O) groups is 1. The number of halogens is 1. The summed E-state index contributed by atoms with van der Waals surface area (Å²) in [6.45, 7) is 0. The zero-order chi connectivity index (χ0) is 16.9. The van der Waals surface area contributed by atoms with E-state index in [4.69, 9.17) is 4.79 Å². The van der Waals surface area contributed by atoms with Gasteiger partial charge in [-0.15, -0.1) is 0 Å². The standard InChI is InChI=1S/C17H16FN3.CH3NO/c18-13-8-15-16(10-20-17(15)19-9-13)21-14-6-5-11-3-1-2-4-12(11)7-14;2-1-3/h5-10,21H,1-4H2,(H,19,20);1H,(H2,2,3). The maximum Gasteiger partial charge on any atom is 0.204 e. The molecule has 24 heavy (non-hydrogen) atoms. The van der Waals surface area contributed by atoms with Crippen LogP contribution in [-0.2, 0) is 17.6 Å². The molecule has 0 aliphatic heterocycles. The van der Waals surface area contributed by atoms with E-state index >= 15 is 0 Å². The van der Waals surface area contributed by atoms with Crippen LogP contribution in [0.25, 0.3) is 11.0 Å². The maximum atomic E-state index is 13.4. The Morgan fingerprint density at radius 2 is 1.96 bits per heavy atom. The third-order valence-corrected chi connectivity index (χ3v) is 4.13. The molecule has 6 heteroatoms. The summed E-state index contributed by atoms with van der Waals surface area (Å²) in [6, 6.07) is 8.00. The summed E-state index contributed by atoms with van der Waals surface area (Å²) < 4.78 is 13.4. The first-order chi connectivity index (χ1) is 11.7. The Hall–Kier alpha value is -2.89. The number of aryl methyl sites for hydroxylation is 2. The molecule has 5 nitrogen and oxygen atoms in total. The summed E-state index contributed by atoms with van der Waals surface area (Å²) in [5, 5.41) is 4.14. The minimum atomic E-state index is -0.324. The van der Waals surface area contributed by atoms with E-state index in [1.807, 2.05) is 6.20 Å². The number of primary amides is 1. The zero-order valence-corrected chi connectivity index (χ0v) is 13.2. The van der Waals surface area contributed by atoms with Gasteiger partial charge in [0.25, 0.3) is 0 Å². The van der Waals surface area contributed by atoms with Crippen LogP contribution in [0.1, 0.15) is 24.0 Å². The molecule has 1 aliphatic carbocycles. The average Bonchev–Trinajstić information content (AvgIpc) is 2.98. The summed E-state index contributed by atoms with van der Waals surface area (Å²) in [5.74, 6) is -0.324. The van der Waals surface area contributed by atoms with Crippen molar-refractivity contribution in [1.82, 2.24) is 9.97 Å². The topological polar surface area (TPSA) is 83.8 Å². The number of fused-ring (bicyclic) bond motifs is 2. The Balaban J connectivity index is 0.000000526. The van der Waals surface area contributed by atoms with E-state index in [9.17, 15) is 4.39 Å². The Bertz CT molecular complexity index is 859. The molecule has 2 aromatic heterocycles. The lowest BCUT2D eigenvalue weighted by atomic mass is 9.91. The second kappa shape index (κ2) is 7.12. The van der Waals surface area contributed by atoms with Crippen LogP contribution in [0.4, 0.5) is 15.8 Å². The number of pyridine rings is 1. The van der Waals surface area contributed by atoms with Gasteiger partial charge in [-0.3, -0.25) is 4.79 Å². The van der Waals surface area contributed by atoms with Crippen LogP contribution in [-0.4, -0.2) is 16.4 Å². The molecule has 0 saturated heterocycles. The molecule has 0 radical (unpaired) electrons. The van der Waals surface area contributed by atoms with Gasteiger partial charge in [0, 0.05) is 17.3 Å². The Morgan fingerprint density at radius 3 is 2.75 bits per heavy atom. The fourth-order valence-corrected chi connectivity index (χ4v) is 3.05. The molecule has 1 amide bonds. The molecule has 1 aromatic carbocycles. The van der Waals surface area contributed by atoms with Crippen LogP contribution < -0.4 is 11.1 Å². The second-order valence-corrected chi connectivity index (χ2v) is 5.70. The number of hydrogen-bond donors (Lipinski definition) is 3. The summed E-state index contributed by atoms with van der Waals surface area (Å²) in [5.41, 5.74) is 9.64. The lowest BCUT2D eigenvalue weighted by Gasteiger charge is -2.17.